The number of hydrogen-bond donors (Lipinski definition) is 2. The van der Waals surface area contributed by atoms with Crippen molar-refractivity contribution in [3.05, 3.63) is 29.9 Å². The second kappa shape index (κ2) is 2.80. The van der Waals surface area contributed by atoms with Gasteiger partial charge in [-0.1, -0.05) is 0 Å². The first-order valence-corrected chi connectivity index (χ1v) is 5.66. The second-order valence-corrected chi connectivity index (χ2v) is 4.83. The SMILES string of the molecule is O=C(O)[s+]1cnc2ccc3[nH]ccc3c21. The van der Waals surface area contributed by atoms with Gasteiger partial charge in [0.05, 0.1) is 10.9 Å². The van der Waals surface area contributed by atoms with E-state index in [-0.39, 0.29) is 0 Å². The van der Waals surface area contributed by atoms with E-state index in [4.69, 9.17) is 5.11 Å². The van der Waals surface area contributed by atoms with E-state index in [2.05, 4.69) is 9.97 Å². The summed E-state index contributed by atoms with van der Waals surface area (Å²) in [5, 5.41) is 9.19. The van der Waals surface area contributed by atoms with Crippen LogP contribution in [-0.2, 0) is 0 Å². The Morgan fingerprint density at radius 3 is 3.07 bits per heavy atom. The molecule has 4 nitrogen and oxygen atoms in total. The zero-order valence-electron chi connectivity index (χ0n) is 7.60. The van der Waals surface area contributed by atoms with E-state index in [9.17, 15) is 4.79 Å². The Morgan fingerprint density at radius 2 is 2.27 bits per heavy atom. The minimum atomic E-state index is -0.902. The van der Waals surface area contributed by atoms with Gasteiger partial charge < -0.3 is 10.1 Å². The van der Waals surface area contributed by atoms with Gasteiger partial charge in [-0.3, -0.25) is 0 Å². The third kappa shape index (κ3) is 1.07. The highest BCUT2D eigenvalue weighted by molar-refractivity contribution is 7.54. The Hall–Kier alpha value is -1.88. The van der Waals surface area contributed by atoms with Gasteiger partial charge in [0.2, 0.25) is 10.2 Å². The summed E-state index contributed by atoms with van der Waals surface area (Å²) in [5.74, 6) is 0. The maximum Gasteiger partial charge on any atom is 0.554 e. The molecule has 3 aromatic rings. The average Bonchev–Trinajstić information content (AvgIpc) is 2.82. The van der Waals surface area contributed by atoms with Crippen LogP contribution in [0, 0.1) is 0 Å². The first-order valence-electron chi connectivity index (χ1n) is 4.37. The number of nitrogens with zero attached hydrogens (tertiary/aromatic N) is 1. The lowest BCUT2D eigenvalue weighted by Crippen LogP contribution is -1.82. The van der Waals surface area contributed by atoms with Gasteiger partial charge in [0.25, 0.3) is 0 Å². The van der Waals surface area contributed by atoms with Crippen LogP contribution in [0.1, 0.15) is 0 Å². The number of fused-ring (bicyclic) bond motifs is 3. The standard InChI is InChI=1S/C10H6N2O2S/c13-10(14)15-5-12-8-2-1-7-6(9(8)15)3-4-11-7/h1-5,11H/p+1. The first kappa shape index (κ1) is 8.43. The number of benzene rings is 1. The van der Waals surface area contributed by atoms with Gasteiger partial charge in [-0.05, 0) is 18.2 Å². The van der Waals surface area contributed by atoms with E-state index in [1.165, 1.54) is 5.51 Å². The largest absolute Gasteiger partial charge is 0.554 e. The zero-order chi connectivity index (χ0) is 10.4. The van der Waals surface area contributed by atoms with Gasteiger partial charge >= 0.3 is 5.30 Å². The molecule has 5 heteroatoms. The molecular formula is C10H7N2O2S+. The van der Waals surface area contributed by atoms with Crippen molar-refractivity contribution in [3.63, 3.8) is 0 Å². The third-order valence-corrected chi connectivity index (χ3v) is 3.93. The molecule has 0 amide bonds. The van der Waals surface area contributed by atoms with Crippen molar-refractivity contribution in [2.24, 2.45) is 0 Å². The summed E-state index contributed by atoms with van der Waals surface area (Å²) < 4.78 is 0.821. The minimum Gasteiger partial charge on any atom is -0.437 e. The van der Waals surface area contributed by atoms with E-state index in [0.717, 1.165) is 21.1 Å². The highest BCUT2D eigenvalue weighted by atomic mass is 32.2. The molecule has 1 unspecified atom stereocenters. The van der Waals surface area contributed by atoms with Crippen LogP contribution in [0.3, 0.4) is 0 Å². The van der Waals surface area contributed by atoms with Crippen molar-refractivity contribution in [1.29, 1.82) is 0 Å². The molecule has 0 aliphatic heterocycles. The van der Waals surface area contributed by atoms with Gasteiger partial charge in [-0.2, -0.15) is 9.78 Å². The van der Waals surface area contributed by atoms with E-state index < -0.39 is 15.8 Å². The van der Waals surface area contributed by atoms with Crippen LogP contribution >= 0.6 is 10.5 Å². The summed E-state index contributed by atoms with van der Waals surface area (Å²) in [6, 6.07) is 5.66. The number of nitrogens with one attached hydrogen (secondary N) is 1. The number of aromatic amines is 1. The maximum atomic E-state index is 11.0. The normalized spacial score (nSPS) is 12.4. The summed E-state index contributed by atoms with van der Waals surface area (Å²) in [4.78, 5) is 18.2. The summed E-state index contributed by atoms with van der Waals surface area (Å²) in [6.07, 6.45) is 1.81. The number of carbonyl (C=O) groups is 1. The van der Waals surface area contributed by atoms with Gasteiger partial charge in [-0.25, -0.2) is 0 Å². The molecule has 0 aliphatic rings. The van der Waals surface area contributed by atoms with Crippen molar-refractivity contribution in [3.8, 4) is 0 Å². The molecule has 2 N–H and O–H groups in total. The maximum absolute atomic E-state index is 11.0. The summed E-state index contributed by atoms with van der Waals surface area (Å²) in [6.45, 7) is 0. The fourth-order valence-electron chi connectivity index (χ4n) is 1.72. The summed E-state index contributed by atoms with van der Waals surface area (Å²) in [5.41, 5.74) is 3.24. The molecule has 0 fully saturated rings. The van der Waals surface area contributed by atoms with Crippen LogP contribution in [-0.4, -0.2) is 20.4 Å². The molecule has 0 saturated heterocycles. The number of H-pyrrole nitrogens is 1. The van der Waals surface area contributed by atoms with Crippen LogP contribution in [0.2, 0.25) is 0 Å². The number of hydrogen-bond acceptors (Lipinski definition) is 2. The average molecular weight is 219 g/mol. The lowest BCUT2D eigenvalue weighted by atomic mass is 10.2. The molecule has 0 spiro atoms. The Kier molecular flexibility index (Phi) is 1.58. The van der Waals surface area contributed by atoms with Crippen LogP contribution in [0.15, 0.2) is 29.9 Å². The molecule has 1 aromatic carbocycles. The highest BCUT2D eigenvalue weighted by Gasteiger charge is 2.24. The van der Waals surface area contributed by atoms with Gasteiger partial charge in [-0.15, -0.1) is 0 Å². The molecule has 0 bridgehead atoms. The van der Waals surface area contributed by atoms with Gasteiger partial charge in [0.1, 0.15) is 16.0 Å². The highest BCUT2D eigenvalue weighted by Crippen LogP contribution is 2.35. The van der Waals surface area contributed by atoms with E-state index in [1.54, 1.807) is 0 Å². The molecule has 2 heterocycles. The van der Waals surface area contributed by atoms with Crippen molar-refractivity contribution in [2.45, 2.75) is 0 Å². The fraction of sp³-hybridized carbons (Fsp3) is 0. The fourth-order valence-corrected chi connectivity index (χ4v) is 3.07. The minimum absolute atomic E-state index is 0.771. The number of carboxylic acid groups (broad SMARTS) is 1. The molecule has 3 rings (SSSR count). The van der Waals surface area contributed by atoms with E-state index >= 15 is 0 Å². The van der Waals surface area contributed by atoms with Crippen molar-refractivity contribution in [2.75, 3.05) is 0 Å². The lowest BCUT2D eigenvalue weighted by molar-refractivity contribution is 0.221. The number of thiazole rings is 1. The predicted octanol–water partition coefficient (Wildman–Crippen LogP) is 2.99. The first-order chi connectivity index (χ1) is 7.27. The van der Waals surface area contributed by atoms with Crippen molar-refractivity contribution < 1.29 is 9.90 Å². The van der Waals surface area contributed by atoms with Gasteiger partial charge in [0.15, 0.2) is 0 Å². The Balaban J connectivity index is 2.57. The second-order valence-electron chi connectivity index (χ2n) is 3.19. The Bertz CT molecular complexity index is 668. The van der Waals surface area contributed by atoms with Crippen LogP contribution in [0.4, 0.5) is 4.79 Å². The smallest absolute Gasteiger partial charge is 0.437 e. The third-order valence-electron chi connectivity index (χ3n) is 2.37. The van der Waals surface area contributed by atoms with Crippen LogP contribution in [0.25, 0.3) is 21.1 Å². The molecule has 0 radical (unpaired) electrons. The summed E-state index contributed by atoms with van der Waals surface area (Å²) >= 11 is 0. The van der Waals surface area contributed by atoms with E-state index in [0.29, 0.717) is 0 Å². The molecule has 2 aromatic heterocycles. The molecule has 0 saturated carbocycles. The van der Waals surface area contributed by atoms with Crippen LogP contribution < -0.4 is 0 Å². The lowest BCUT2D eigenvalue weighted by Gasteiger charge is -1.87. The monoisotopic (exact) mass is 219 g/mol. The molecule has 0 aliphatic carbocycles. The topological polar surface area (TPSA) is 66.0 Å². The Labute approximate surface area is 87.2 Å². The van der Waals surface area contributed by atoms with Crippen LogP contribution in [0.5, 0.6) is 0 Å². The Morgan fingerprint density at radius 1 is 1.40 bits per heavy atom. The molecule has 1 atom stereocenters. The molecule has 74 valence electrons. The zero-order valence-corrected chi connectivity index (χ0v) is 8.41. The molecule has 15 heavy (non-hydrogen) atoms. The predicted molar refractivity (Wildman–Crippen MR) is 59.5 cm³/mol. The molecular weight excluding hydrogens is 212 g/mol. The number of aromatic nitrogens is 2. The summed E-state index contributed by atoms with van der Waals surface area (Å²) in [7, 11) is -0.902. The van der Waals surface area contributed by atoms with E-state index in [1.807, 2.05) is 24.4 Å². The van der Waals surface area contributed by atoms with Crippen molar-refractivity contribution in [1.82, 2.24) is 9.97 Å². The quantitative estimate of drug-likeness (QED) is 0.618. The number of rotatable bonds is 1. The van der Waals surface area contributed by atoms with Gasteiger partial charge in [0, 0.05) is 6.20 Å². The van der Waals surface area contributed by atoms with Crippen molar-refractivity contribution >= 4 is 36.9 Å².